The van der Waals surface area contributed by atoms with Gasteiger partial charge in [-0.15, -0.1) is 0 Å². The summed E-state index contributed by atoms with van der Waals surface area (Å²) < 4.78 is 0. The molecule has 0 spiro atoms. The summed E-state index contributed by atoms with van der Waals surface area (Å²) in [5, 5.41) is 12.6. The summed E-state index contributed by atoms with van der Waals surface area (Å²) in [6, 6.07) is 0.439. The summed E-state index contributed by atoms with van der Waals surface area (Å²) in [5.74, 6) is 0.0547. The maximum atomic E-state index is 11.4. The van der Waals surface area contributed by atoms with Crippen molar-refractivity contribution in [1.82, 2.24) is 10.2 Å². The zero-order valence-corrected chi connectivity index (χ0v) is 10.9. The van der Waals surface area contributed by atoms with E-state index in [2.05, 4.69) is 17.1 Å². The SMILES string of the molecule is CC1CCN(CCC(C)(NC2CC2)C(=O)O)C1. The molecule has 0 aromatic heterocycles. The molecule has 17 heavy (non-hydrogen) atoms. The average molecular weight is 240 g/mol. The molecule has 0 aromatic carbocycles. The molecule has 2 aliphatic rings. The Kier molecular flexibility index (Phi) is 3.73. The highest BCUT2D eigenvalue weighted by molar-refractivity contribution is 5.78. The maximum absolute atomic E-state index is 11.4. The quantitative estimate of drug-likeness (QED) is 0.735. The molecule has 2 unspecified atom stereocenters. The van der Waals surface area contributed by atoms with E-state index in [1.54, 1.807) is 0 Å². The first-order valence-corrected chi connectivity index (χ1v) is 6.73. The smallest absolute Gasteiger partial charge is 0.323 e. The minimum Gasteiger partial charge on any atom is -0.480 e. The molecule has 2 N–H and O–H groups in total. The number of likely N-dealkylation sites (tertiary alicyclic amines) is 1. The summed E-state index contributed by atoms with van der Waals surface area (Å²) in [7, 11) is 0. The molecular formula is C13H24N2O2. The number of aliphatic carboxylic acids is 1. The fourth-order valence-electron chi connectivity index (χ4n) is 2.53. The van der Waals surface area contributed by atoms with Crippen LogP contribution in [0.2, 0.25) is 0 Å². The lowest BCUT2D eigenvalue weighted by Crippen LogP contribution is -2.52. The van der Waals surface area contributed by atoms with E-state index in [1.807, 2.05) is 6.92 Å². The molecule has 1 aliphatic heterocycles. The number of hydrogen-bond donors (Lipinski definition) is 2. The van der Waals surface area contributed by atoms with E-state index < -0.39 is 11.5 Å². The van der Waals surface area contributed by atoms with Crippen LogP contribution in [0.4, 0.5) is 0 Å². The Labute approximate surface area is 103 Å². The molecule has 2 fully saturated rings. The first kappa shape index (κ1) is 12.8. The monoisotopic (exact) mass is 240 g/mol. The number of carboxylic acid groups (broad SMARTS) is 1. The molecule has 0 radical (unpaired) electrons. The van der Waals surface area contributed by atoms with Gasteiger partial charge >= 0.3 is 5.97 Å². The Bertz CT molecular complexity index is 291. The Morgan fingerprint density at radius 2 is 2.18 bits per heavy atom. The van der Waals surface area contributed by atoms with Gasteiger partial charge in [0.15, 0.2) is 0 Å². The summed E-state index contributed by atoms with van der Waals surface area (Å²) in [6.45, 7) is 7.23. The van der Waals surface area contributed by atoms with Crippen molar-refractivity contribution >= 4 is 5.97 Å². The van der Waals surface area contributed by atoms with Gasteiger partial charge < -0.3 is 10.0 Å². The van der Waals surface area contributed by atoms with Crippen LogP contribution in [0.5, 0.6) is 0 Å². The first-order chi connectivity index (χ1) is 7.99. The van der Waals surface area contributed by atoms with E-state index in [-0.39, 0.29) is 0 Å². The standard InChI is InChI=1S/C13H24N2O2/c1-10-5-7-15(9-10)8-6-13(2,12(16)17)14-11-3-4-11/h10-11,14H,3-9H2,1-2H3,(H,16,17). The van der Waals surface area contributed by atoms with E-state index in [0.717, 1.165) is 38.4 Å². The molecule has 4 heteroatoms. The van der Waals surface area contributed by atoms with Gasteiger partial charge in [-0.25, -0.2) is 0 Å². The molecule has 1 saturated carbocycles. The third-order valence-electron chi connectivity index (χ3n) is 4.01. The van der Waals surface area contributed by atoms with Crippen molar-refractivity contribution < 1.29 is 9.90 Å². The molecule has 1 heterocycles. The largest absolute Gasteiger partial charge is 0.480 e. The van der Waals surface area contributed by atoms with Gasteiger partial charge in [0, 0.05) is 19.1 Å². The van der Waals surface area contributed by atoms with Crippen molar-refractivity contribution in [3.05, 3.63) is 0 Å². The number of carbonyl (C=O) groups is 1. The molecule has 0 amide bonds. The van der Waals surface area contributed by atoms with Gasteiger partial charge in [0.05, 0.1) is 0 Å². The fraction of sp³-hybridized carbons (Fsp3) is 0.923. The normalized spacial score (nSPS) is 29.2. The number of rotatable bonds is 6. The Balaban J connectivity index is 1.82. The van der Waals surface area contributed by atoms with Gasteiger partial charge in [0.2, 0.25) is 0 Å². The van der Waals surface area contributed by atoms with Gasteiger partial charge in [0.25, 0.3) is 0 Å². The van der Waals surface area contributed by atoms with Crippen molar-refractivity contribution in [2.75, 3.05) is 19.6 Å². The predicted octanol–water partition coefficient (Wildman–Crippen LogP) is 1.31. The zero-order chi connectivity index (χ0) is 12.5. The molecule has 98 valence electrons. The van der Waals surface area contributed by atoms with Crippen LogP contribution in [0.3, 0.4) is 0 Å². The van der Waals surface area contributed by atoms with Crippen LogP contribution in [0.25, 0.3) is 0 Å². The lowest BCUT2D eigenvalue weighted by molar-refractivity contribution is -0.144. The number of hydrogen-bond acceptors (Lipinski definition) is 3. The average Bonchev–Trinajstić information content (AvgIpc) is 2.96. The number of carboxylic acids is 1. The van der Waals surface area contributed by atoms with E-state index in [0.29, 0.717) is 12.5 Å². The fourth-order valence-corrected chi connectivity index (χ4v) is 2.53. The van der Waals surface area contributed by atoms with E-state index in [9.17, 15) is 9.90 Å². The Hall–Kier alpha value is -0.610. The second kappa shape index (κ2) is 4.94. The van der Waals surface area contributed by atoms with Crippen molar-refractivity contribution in [2.45, 2.75) is 51.1 Å². The van der Waals surface area contributed by atoms with Crippen LogP contribution < -0.4 is 5.32 Å². The molecule has 0 bridgehead atoms. The van der Waals surface area contributed by atoms with Gasteiger partial charge in [0.1, 0.15) is 5.54 Å². The molecule has 2 atom stereocenters. The highest BCUT2D eigenvalue weighted by Crippen LogP contribution is 2.25. The minimum atomic E-state index is -0.743. The number of nitrogens with zero attached hydrogens (tertiary/aromatic N) is 1. The van der Waals surface area contributed by atoms with Crippen LogP contribution in [0.15, 0.2) is 0 Å². The third-order valence-corrected chi connectivity index (χ3v) is 4.01. The molecule has 2 rings (SSSR count). The highest BCUT2D eigenvalue weighted by Gasteiger charge is 2.38. The van der Waals surface area contributed by atoms with Gasteiger partial charge in [-0.2, -0.15) is 0 Å². The molecule has 0 aromatic rings. The van der Waals surface area contributed by atoms with E-state index in [1.165, 1.54) is 6.42 Å². The zero-order valence-electron chi connectivity index (χ0n) is 10.9. The van der Waals surface area contributed by atoms with Crippen LogP contribution in [-0.2, 0) is 4.79 Å². The van der Waals surface area contributed by atoms with Gasteiger partial charge in [-0.05, 0) is 45.1 Å². The topological polar surface area (TPSA) is 52.6 Å². The summed E-state index contributed by atoms with van der Waals surface area (Å²) >= 11 is 0. The van der Waals surface area contributed by atoms with Gasteiger partial charge in [-0.3, -0.25) is 10.1 Å². The molecular weight excluding hydrogens is 216 g/mol. The van der Waals surface area contributed by atoms with Crippen molar-refractivity contribution in [3.63, 3.8) is 0 Å². The highest BCUT2D eigenvalue weighted by atomic mass is 16.4. The third kappa shape index (κ3) is 3.42. The molecule has 1 saturated heterocycles. The van der Waals surface area contributed by atoms with E-state index >= 15 is 0 Å². The predicted molar refractivity (Wildman–Crippen MR) is 67.0 cm³/mol. The summed E-state index contributed by atoms with van der Waals surface area (Å²) in [5.41, 5.74) is -0.743. The molecule has 1 aliphatic carbocycles. The summed E-state index contributed by atoms with van der Waals surface area (Å²) in [6.07, 6.45) is 4.21. The molecule has 4 nitrogen and oxygen atoms in total. The van der Waals surface area contributed by atoms with Crippen LogP contribution in [0, 0.1) is 5.92 Å². The number of nitrogens with one attached hydrogen (secondary N) is 1. The maximum Gasteiger partial charge on any atom is 0.323 e. The minimum absolute atomic E-state index is 0.439. The second-order valence-corrected chi connectivity index (χ2v) is 6.00. The lowest BCUT2D eigenvalue weighted by Gasteiger charge is -2.28. The van der Waals surface area contributed by atoms with Crippen LogP contribution in [0.1, 0.15) is 39.5 Å². The van der Waals surface area contributed by atoms with E-state index in [4.69, 9.17) is 0 Å². The van der Waals surface area contributed by atoms with Crippen molar-refractivity contribution in [1.29, 1.82) is 0 Å². The second-order valence-electron chi connectivity index (χ2n) is 6.00. The summed E-state index contributed by atoms with van der Waals surface area (Å²) in [4.78, 5) is 13.8. The van der Waals surface area contributed by atoms with Crippen LogP contribution >= 0.6 is 0 Å². The van der Waals surface area contributed by atoms with Gasteiger partial charge in [-0.1, -0.05) is 6.92 Å². The van der Waals surface area contributed by atoms with Crippen molar-refractivity contribution in [3.8, 4) is 0 Å². The first-order valence-electron chi connectivity index (χ1n) is 6.73. The Morgan fingerprint density at radius 3 is 2.65 bits per heavy atom. The van der Waals surface area contributed by atoms with Crippen molar-refractivity contribution in [2.24, 2.45) is 5.92 Å². The lowest BCUT2D eigenvalue weighted by atomic mass is 9.97. The Morgan fingerprint density at radius 1 is 1.47 bits per heavy atom. The van der Waals surface area contributed by atoms with Crippen LogP contribution in [-0.4, -0.2) is 47.2 Å².